The highest BCUT2D eigenvalue weighted by Crippen LogP contribution is 2.26. The Balaban J connectivity index is 2.84. The van der Waals surface area contributed by atoms with Crippen LogP contribution >= 0.6 is 0 Å². The Hall–Kier alpha value is -1.07. The number of methoxy groups -OCH3 is 1. The summed E-state index contributed by atoms with van der Waals surface area (Å²) in [5.74, 6) is 0.677. The summed E-state index contributed by atoms with van der Waals surface area (Å²) in [5, 5.41) is 0. The second-order valence-corrected chi connectivity index (χ2v) is 8.36. The molecule has 0 radical (unpaired) electrons. The van der Waals surface area contributed by atoms with E-state index in [-0.39, 0.29) is 5.41 Å². The summed E-state index contributed by atoms with van der Waals surface area (Å²) < 4.78 is 32.8. The second-order valence-electron chi connectivity index (χ2n) is 6.65. The normalized spacial score (nSPS) is 12.5. The molecule has 4 nitrogen and oxygen atoms in total. The highest BCUT2D eigenvalue weighted by Gasteiger charge is 2.20. The van der Waals surface area contributed by atoms with Crippen molar-refractivity contribution in [2.45, 2.75) is 52.4 Å². The SMILES string of the molecule is COc1cc(C)c(S(=O)(=O)NCCCC(C)(C)C)c(C)c1. The van der Waals surface area contributed by atoms with E-state index in [4.69, 9.17) is 4.74 Å². The summed E-state index contributed by atoms with van der Waals surface area (Å²) in [5.41, 5.74) is 1.63. The van der Waals surface area contributed by atoms with Crippen molar-refractivity contribution in [3.63, 3.8) is 0 Å². The zero-order chi connectivity index (χ0) is 16.3. The third-order valence-electron chi connectivity index (χ3n) is 3.33. The zero-order valence-corrected chi connectivity index (χ0v) is 14.7. The smallest absolute Gasteiger partial charge is 0.241 e. The van der Waals surface area contributed by atoms with Crippen molar-refractivity contribution in [3.8, 4) is 5.75 Å². The first kappa shape index (κ1) is 18.0. The van der Waals surface area contributed by atoms with Crippen LogP contribution in [-0.4, -0.2) is 22.1 Å². The monoisotopic (exact) mass is 313 g/mol. The Bertz CT molecular complexity index is 563. The number of sulfonamides is 1. The average Bonchev–Trinajstić information content (AvgIpc) is 2.32. The van der Waals surface area contributed by atoms with E-state index in [9.17, 15) is 8.42 Å². The standard InChI is InChI=1S/C16H27NO3S/c1-12-10-14(20-6)11-13(2)15(12)21(18,19)17-9-7-8-16(3,4)5/h10-11,17H,7-9H2,1-6H3. The van der Waals surface area contributed by atoms with Crippen molar-refractivity contribution in [1.82, 2.24) is 4.72 Å². The van der Waals surface area contributed by atoms with Crippen molar-refractivity contribution in [2.75, 3.05) is 13.7 Å². The molecule has 0 saturated carbocycles. The van der Waals surface area contributed by atoms with Gasteiger partial charge in [0.2, 0.25) is 10.0 Å². The molecule has 120 valence electrons. The molecule has 5 heteroatoms. The molecule has 0 unspecified atom stereocenters. The van der Waals surface area contributed by atoms with E-state index in [1.54, 1.807) is 33.1 Å². The molecule has 1 N–H and O–H groups in total. The number of aryl methyl sites for hydroxylation is 2. The Labute approximate surface area is 129 Å². The lowest BCUT2D eigenvalue weighted by molar-refractivity contribution is 0.365. The third-order valence-corrected chi connectivity index (χ3v) is 5.10. The largest absolute Gasteiger partial charge is 0.497 e. The van der Waals surface area contributed by atoms with Crippen LogP contribution in [0.25, 0.3) is 0 Å². The number of hydrogen-bond donors (Lipinski definition) is 1. The first-order chi connectivity index (χ1) is 9.57. The molecule has 1 aromatic carbocycles. The van der Waals surface area contributed by atoms with Crippen molar-refractivity contribution in [3.05, 3.63) is 23.3 Å². The Morgan fingerprint density at radius 1 is 1.14 bits per heavy atom. The maximum atomic E-state index is 12.4. The van der Waals surface area contributed by atoms with Crippen LogP contribution in [0.4, 0.5) is 0 Å². The van der Waals surface area contributed by atoms with Crippen molar-refractivity contribution >= 4 is 10.0 Å². The van der Waals surface area contributed by atoms with Crippen LogP contribution in [0.3, 0.4) is 0 Å². The van der Waals surface area contributed by atoms with Gasteiger partial charge in [0.1, 0.15) is 5.75 Å². The van der Waals surface area contributed by atoms with Gasteiger partial charge in [-0.1, -0.05) is 20.8 Å². The first-order valence-electron chi connectivity index (χ1n) is 7.22. The van der Waals surface area contributed by atoms with Crippen LogP contribution in [0, 0.1) is 19.3 Å². The summed E-state index contributed by atoms with van der Waals surface area (Å²) in [7, 11) is -1.89. The molecule has 1 aromatic rings. The number of benzene rings is 1. The van der Waals surface area contributed by atoms with Gasteiger partial charge >= 0.3 is 0 Å². The molecule has 0 aliphatic carbocycles. The van der Waals surface area contributed by atoms with Gasteiger partial charge in [-0.05, 0) is 55.4 Å². The number of ether oxygens (including phenoxy) is 1. The summed E-state index contributed by atoms with van der Waals surface area (Å²) in [6.07, 6.45) is 1.81. The number of hydrogen-bond acceptors (Lipinski definition) is 3. The molecule has 0 fully saturated rings. The Kier molecular flexibility index (Phi) is 5.82. The molecule has 1 rings (SSSR count). The molecule has 0 amide bonds. The number of nitrogens with one attached hydrogen (secondary N) is 1. The first-order valence-corrected chi connectivity index (χ1v) is 8.70. The van der Waals surface area contributed by atoms with Crippen LogP contribution in [0.15, 0.2) is 17.0 Å². The number of rotatable bonds is 6. The maximum Gasteiger partial charge on any atom is 0.241 e. The Morgan fingerprint density at radius 2 is 1.67 bits per heavy atom. The third kappa shape index (κ3) is 5.32. The van der Waals surface area contributed by atoms with E-state index >= 15 is 0 Å². The molecule has 0 aliphatic rings. The lowest BCUT2D eigenvalue weighted by atomic mass is 9.91. The molecule has 0 saturated heterocycles. The van der Waals surface area contributed by atoms with E-state index in [1.807, 2.05) is 0 Å². The lowest BCUT2D eigenvalue weighted by Crippen LogP contribution is -2.27. The minimum atomic E-state index is -3.47. The van der Waals surface area contributed by atoms with Crippen LogP contribution < -0.4 is 9.46 Å². The summed E-state index contributed by atoms with van der Waals surface area (Å²) in [6, 6.07) is 3.49. The highest BCUT2D eigenvalue weighted by atomic mass is 32.2. The van der Waals surface area contributed by atoms with E-state index in [1.165, 1.54) is 0 Å². The quantitative estimate of drug-likeness (QED) is 0.819. The van der Waals surface area contributed by atoms with Gasteiger partial charge in [0.25, 0.3) is 0 Å². The highest BCUT2D eigenvalue weighted by molar-refractivity contribution is 7.89. The van der Waals surface area contributed by atoms with Gasteiger partial charge < -0.3 is 4.74 Å². The van der Waals surface area contributed by atoms with Gasteiger partial charge in [0, 0.05) is 6.54 Å². The maximum absolute atomic E-state index is 12.4. The fourth-order valence-electron chi connectivity index (χ4n) is 2.35. The fraction of sp³-hybridized carbons (Fsp3) is 0.625. The van der Waals surface area contributed by atoms with Gasteiger partial charge in [0.15, 0.2) is 0 Å². The molecular formula is C16H27NO3S. The summed E-state index contributed by atoms with van der Waals surface area (Å²) >= 11 is 0. The van der Waals surface area contributed by atoms with Crippen molar-refractivity contribution in [2.24, 2.45) is 5.41 Å². The molecule has 0 aliphatic heterocycles. The molecule has 21 heavy (non-hydrogen) atoms. The Morgan fingerprint density at radius 3 is 2.10 bits per heavy atom. The van der Waals surface area contributed by atoms with Gasteiger partial charge in [-0.25, -0.2) is 13.1 Å². The van der Waals surface area contributed by atoms with Crippen LogP contribution in [0.5, 0.6) is 5.75 Å². The van der Waals surface area contributed by atoms with Gasteiger partial charge in [-0.3, -0.25) is 0 Å². The van der Waals surface area contributed by atoms with Crippen molar-refractivity contribution < 1.29 is 13.2 Å². The van der Waals surface area contributed by atoms with E-state index in [0.717, 1.165) is 12.8 Å². The van der Waals surface area contributed by atoms with E-state index in [0.29, 0.717) is 28.3 Å². The van der Waals surface area contributed by atoms with E-state index in [2.05, 4.69) is 25.5 Å². The van der Waals surface area contributed by atoms with Gasteiger partial charge in [0.05, 0.1) is 12.0 Å². The van der Waals surface area contributed by atoms with Gasteiger partial charge in [-0.2, -0.15) is 0 Å². The zero-order valence-electron chi connectivity index (χ0n) is 13.9. The second kappa shape index (κ2) is 6.79. The van der Waals surface area contributed by atoms with Crippen LogP contribution in [0.1, 0.15) is 44.7 Å². The molecule has 0 atom stereocenters. The van der Waals surface area contributed by atoms with E-state index < -0.39 is 10.0 Å². The van der Waals surface area contributed by atoms with Gasteiger partial charge in [-0.15, -0.1) is 0 Å². The minimum absolute atomic E-state index is 0.220. The molecule has 0 heterocycles. The van der Waals surface area contributed by atoms with Crippen LogP contribution in [-0.2, 0) is 10.0 Å². The van der Waals surface area contributed by atoms with Crippen molar-refractivity contribution in [1.29, 1.82) is 0 Å². The predicted molar refractivity (Wildman–Crippen MR) is 86.3 cm³/mol. The fourth-order valence-corrected chi connectivity index (χ4v) is 3.87. The lowest BCUT2D eigenvalue weighted by Gasteiger charge is -2.18. The molecule has 0 aromatic heterocycles. The summed E-state index contributed by atoms with van der Waals surface area (Å²) in [4.78, 5) is 0.360. The summed E-state index contributed by atoms with van der Waals surface area (Å²) in [6.45, 7) is 10.5. The average molecular weight is 313 g/mol. The minimum Gasteiger partial charge on any atom is -0.497 e. The van der Waals surface area contributed by atoms with Crippen LogP contribution in [0.2, 0.25) is 0 Å². The molecule has 0 bridgehead atoms. The molecular weight excluding hydrogens is 286 g/mol. The topological polar surface area (TPSA) is 55.4 Å². The molecule has 0 spiro atoms. The predicted octanol–water partition coefficient (Wildman–Crippen LogP) is 3.42.